The maximum atomic E-state index is 13.1. The lowest BCUT2D eigenvalue weighted by Gasteiger charge is -2.32. The molecule has 2 heterocycles. The predicted molar refractivity (Wildman–Crippen MR) is 97.2 cm³/mol. The summed E-state index contributed by atoms with van der Waals surface area (Å²) in [6, 6.07) is 6.86. The number of halogens is 1. The predicted octanol–water partition coefficient (Wildman–Crippen LogP) is 2.74. The lowest BCUT2D eigenvalue weighted by Crippen LogP contribution is -2.36. The first-order valence-corrected chi connectivity index (χ1v) is 9.28. The third kappa shape index (κ3) is 4.27. The number of hydrogen-bond donors (Lipinski definition) is 0. The Kier molecular flexibility index (Phi) is 5.98. The first kappa shape index (κ1) is 18.5. The van der Waals surface area contributed by atoms with Crippen LogP contribution in [0.5, 0.6) is 0 Å². The summed E-state index contributed by atoms with van der Waals surface area (Å²) in [5, 5.41) is 8.30. The van der Waals surface area contributed by atoms with Gasteiger partial charge in [-0.3, -0.25) is 9.69 Å². The molecule has 1 aliphatic rings. The summed E-state index contributed by atoms with van der Waals surface area (Å²) in [6.07, 6.45) is 3.85. The van der Waals surface area contributed by atoms with Gasteiger partial charge in [0, 0.05) is 26.2 Å². The molecule has 6 nitrogen and oxygen atoms in total. The van der Waals surface area contributed by atoms with E-state index in [9.17, 15) is 9.18 Å². The molecule has 140 valence electrons. The van der Waals surface area contributed by atoms with Gasteiger partial charge in [0.05, 0.1) is 12.2 Å². The number of carbonyl (C=O) groups excluding carboxylic acids is 1. The van der Waals surface area contributed by atoms with Crippen LogP contribution in [0.2, 0.25) is 0 Å². The molecule has 2 aromatic rings. The van der Waals surface area contributed by atoms with Crippen molar-refractivity contribution < 1.29 is 9.18 Å². The second-order valence-electron chi connectivity index (χ2n) is 6.72. The number of nitrogens with zero attached hydrogens (tertiary/aromatic N) is 5. The van der Waals surface area contributed by atoms with Crippen LogP contribution >= 0.6 is 0 Å². The SMILES string of the molecule is CCN(CC)C(=O)c1cn([C@@H]2CCCN(Cc3ccc(F)cc3)C2)nn1. The van der Waals surface area contributed by atoms with Crippen molar-refractivity contribution in [3.05, 3.63) is 47.5 Å². The average molecular weight is 359 g/mol. The minimum atomic E-state index is -0.210. The highest BCUT2D eigenvalue weighted by Gasteiger charge is 2.24. The van der Waals surface area contributed by atoms with Crippen molar-refractivity contribution in [2.24, 2.45) is 0 Å². The van der Waals surface area contributed by atoms with Crippen LogP contribution in [0.3, 0.4) is 0 Å². The largest absolute Gasteiger partial charge is 0.338 e. The van der Waals surface area contributed by atoms with Gasteiger partial charge < -0.3 is 4.90 Å². The van der Waals surface area contributed by atoms with Crippen LogP contribution in [0.25, 0.3) is 0 Å². The molecule has 1 atom stereocenters. The van der Waals surface area contributed by atoms with Gasteiger partial charge in [-0.1, -0.05) is 17.3 Å². The molecule has 0 bridgehead atoms. The normalized spacial score (nSPS) is 18.0. The first-order valence-electron chi connectivity index (χ1n) is 9.28. The fourth-order valence-corrected chi connectivity index (χ4v) is 3.46. The molecule has 26 heavy (non-hydrogen) atoms. The number of hydrogen-bond acceptors (Lipinski definition) is 4. The van der Waals surface area contributed by atoms with Gasteiger partial charge in [0.25, 0.3) is 5.91 Å². The van der Waals surface area contributed by atoms with Gasteiger partial charge in [-0.15, -0.1) is 5.10 Å². The number of aromatic nitrogens is 3. The molecular weight excluding hydrogens is 333 g/mol. The summed E-state index contributed by atoms with van der Waals surface area (Å²) in [7, 11) is 0. The summed E-state index contributed by atoms with van der Waals surface area (Å²) < 4.78 is 14.9. The Morgan fingerprint density at radius 2 is 2.00 bits per heavy atom. The zero-order valence-electron chi connectivity index (χ0n) is 15.4. The monoisotopic (exact) mass is 359 g/mol. The second kappa shape index (κ2) is 8.40. The standard InChI is InChI=1S/C19H26FN5O/c1-3-24(4-2)19(26)18-14-25(22-21-18)17-6-5-11-23(13-17)12-15-7-9-16(20)10-8-15/h7-10,14,17H,3-6,11-13H2,1-2H3/t17-/m1/s1. The molecule has 7 heteroatoms. The van der Waals surface area contributed by atoms with E-state index in [2.05, 4.69) is 15.2 Å². The molecule has 3 rings (SSSR count). The molecule has 1 aromatic carbocycles. The Morgan fingerprint density at radius 3 is 2.69 bits per heavy atom. The molecule has 1 aromatic heterocycles. The Labute approximate surface area is 153 Å². The minimum Gasteiger partial charge on any atom is -0.338 e. The zero-order valence-corrected chi connectivity index (χ0v) is 15.4. The molecule has 0 aliphatic carbocycles. The van der Waals surface area contributed by atoms with E-state index < -0.39 is 0 Å². The van der Waals surface area contributed by atoms with Crippen LogP contribution in [0.1, 0.15) is 48.8 Å². The maximum absolute atomic E-state index is 13.1. The van der Waals surface area contributed by atoms with Gasteiger partial charge in [-0.05, 0) is 50.9 Å². The highest BCUT2D eigenvalue weighted by atomic mass is 19.1. The summed E-state index contributed by atoms with van der Waals surface area (Å²) in [6.45, 7) is 7.89. The van der Waals surface area contributed by atoms with E-state index in [0.717, 1.165) is 38.0 Å². The quantitative estimate of drug-likeness (QED) is 0.796. The van der Waals surface area contributed by atoms with Gasteiger partial charge in [-0.2, -0.15) is 0 Å². The molecule has 1 amide bonds. The molecular formula is C19H26FN5O. The van der Waals surface area contributed by atoms with E-state index in [-0.39, 0.29) is 17.8 Å². The fraction of sp³-hybridized carbons (Fsp3) is 0.526. The highest BCUT2D eigenvalue weighted by Crippen LogP contribution is 2.22. The Hall–Kier alpha value is -2.28. The van der Waals surface area contributed by atoms with Gasteiger partial charge >= 0.3 is 0 Å². The van der Waals surface area contributed by atoms with Crippen molar-refractivity contribution in [2.45, 2.75) is 39.3 Å². The number of piperidine rings is 1. The van der Waals surface area contributed by atoms with E-state index in [4.69, 9.17) is 0 Å². The fourth-order valence-electron chi connectivity index (χ4n) is 3.46. The van der Waals surface area contributed by atoms with Crippen LogP contribution in [0.15, 0.2) is 30.5 Å². The molecule has 0 saturated carbocycles. The van der Waals surface area contributed by atoms with Crippen molar-refractivity contribution in [2.75, 3.05) is 26.2 Å². The zero-order chi connectivity index (χ0) is 18.5. The van der Waals surface area contributed by atoms with Gasteiger partial charge in [0.1, 0.15) is 5.82 Å². The lowest BCUT2D eigenvalue weighted by molar-refractivity contribution is 0.0767. The number of amides is 1. The number of benzene rings is 1. The topological polar surface area (TPSA) is 54.3 Å². The van der Waals surface area contributed by atoms with Crippen LogP contribution < -0.4 is 0 Å². The molecule has 1 saturated heterocycles. The van der Waals surface area contributed by atoms with Gasteiger partial charge in [-0.25, -0.2) is 9.07 Å². The van der Waals surface area contributed by atoms with E-state index in [1.54, 1.807) is 11.1 Å². The summed E-state index contributed by atoms with van der Waals surface area (Å²) >= 11 is 0. The second-order valence-corrected chi connectivity index (χ2v) is 6.72. The van der Waals surface area contributed by atoms with E-state index in [1.807, 2.05) is 30.7 Å². The highest BCUT2D eigenvalue weighted by molar-refractivity contribution is 5.91. The third-order valence-electron chi connectivity index (χ3n) is 4.95. The Balaban J connectivity index is 1.64. The van der Waals surface area contributed by atoms with Gasteiger partial charge in [0.15, 0.2) is 5.69 Å². The smallest absolute Gasteiger partial charge is 0.276 e. The maximum Gasteiger partial charge on any atom is 0.276 e. The van der Waals surface area contributed by atoms with E-state index in [0.29, 0.717) is 18.8 Å². The van der Waals surface area contributed by atoms with Crippen molar-refractivity contribution in [3.8, 4) is 0 Å². The first-order chi connectivity index (χ1) is 12.6. The Bertz CT molecular complexity index is 726. The van der Waals surface area contributed by atoms with Crippen molar-refractivity contribution in [3.63, 3.8) is 0 Å². The molecule has 1 aliphatic heterocycles. The van der Waals surface area contributed by atoms with E-state index in [1.165, 1.54) is 12.1 Å². The van der Waals surface area contributed by atoms with Crippen LogP contribution in [0.4, 0.5) is 4.39 Å². The van der Waals surface area contributed by atoms with Crippen molar-refractivity contribution >= 4 is 5.91 Å². The van der Waals surface area contributed by atoms with Crippen molar-refractivity contribution in [1.29, 1.82) is 0 Å². The average Bonchev–Trinajstić information content (AvgIpc) is 3.15. The number of rotatable bonds is 6. The van der Waals surface area contributed by atoms with Gasteiger partial charge in [0.2, 0.25) is 0 Å². The van der Waals surface area contributed by atoms with Crippen LogP contribution in [0, 0.1) is 5.82 Å². The molecule has 1 fully saturated rings. The van der Waals surface area contributed by atoms with Crippen molar-refractivity contribution in [1.82, 2.24) is 24.8 Å². The molecule has 0 unspecified atom stereocenters. The van der Waals surface area contributed by atoms with Crippen LogP contribution in [-0.2, 0) is 6.54 Å². The Morgan fingerprint density at radius 1 is 1.27 bits per heavy atom. The molecule has 0 radical (unpaired) electrons. The lowest BCUT2D eigenvalue weighted by atomic mass is 10.0. The van der Waals surface area contributed by atoms with Crippen LogP contribution in [-0.4, -0.2) is 56.9 Å². The third-order valence-corrected chi connectivity index (χ3v) is 4.95. The summed E-state index contributed by atoms with van der Waals surface area (Å²) in [4.78, 5) is 16.5. The molecule has 0 spiro atoms. The molecule has 0 N–H and O–H groups in total. The van der Waals surface area contributed by atoms with E-state index >= 15 is 0 Å². The number of carbonyl (C=O) groups is 1. The number of likely N-dealkylation sites (tertiary alicyclic amines) is 1. The summed E-state index contributed by atoms with van der Waals surface area (Å²) in [5.74, 6) is -0.279. The summed E-state index contributed by atoms with van der Waals surface area (Å²) in [5.41, 5.74) is 1.51. The minimum absolute atomic E-state index is 0.0692.